The van der Waals surface area contributed by atoms with E-state index in [-0.39, 0.29) is 22.1 Å². The summed E-state index contributed by atoms with van der Waals surface area (Å²) in [6.45, 7) is 1.65. The fourth-order valence-electron chi connectivity index (χ4n) is 3.09. The number of rotatable bonds is 4. The molecule has 2 aromatic rings. The van der Waals surface area contributed by atoms with E-state index in [1.54, 1.807) is 23.1 Å². The highest BCUT2D eigenvalue weighted by Gasteiger charge is 2.27. The third-order valence-electron chi connectivity index (χ3n) is 4.48. The number of furan rings is 1. The minimum absolute atomic E-state index is 0.0000426. The maximum absolute atomic E-state index is 12.4. The lowest BCUT2D eigenvalue weighted by Crippen LogP contribution is -2.49. The van der Waals surface area contributed by atoms with Gasteiger partial charge in [0.15, 0.2) is 21.6 Å². The molecule has 1 saturated heterocycles. The molecule has 3 rings (SSSR count). The van der Waals surface area contributed by atoms with Crippen molar-refractivity contribution < 1.29 is 35.4 Å². The van der Waals surface area contributed by atoms with Gasteiger partial charge in [0.25, 0.3) is 21.9 Å². The quantitative estimate of drug-likeness (QED) is 0.270. The molecule has 0 aliphatic carbocycles. The topological polar surface area (TPSA) is 207 Å². The summed E-state index contributed by atoms with van der Waals surface area (Å²) in [7, 11) is -7.30. The van der Waals surface area contributed by atoms with Gasteiger partial charge in [0.05, 0.1) is 23.1 Å². The Morgan fingerprint density at radius 3 is 2.09 bits per heavy atom. The molecule has 1 aromatic heterocycles. The summed E-state index contributed by atoms with van der Waals surface area (Å²) >= 11 is 0. The zero-order chi connectivity index (χ0) is 25.7. The standard InChI is InChI=1S/C18H21N5O5S.CH4O3S/c1-29(26,27)15-11-12(16(24)21-18(19)20)4-5-13(15)22-6-8-23(9-7-22)17(25)14-3-2-10-28-14;1-5(2,3)4/h2-5,10-11H,6-9H2,1H3,(H4,19,20,21,24);1H3,(H,2,3,4). The molecule has 0 saturated carbocycles. The summed E-state index contributed by atoms with van der Waals surface area (Å²) in [5.41, 5.74) is 11.0. The minimum atomic E-state index is -3.67. The Hall–Kier alpha value is -3.43. The fraction of sp³-hybridized carbons (Fsp3) is 0.316. The second-order valence-electron chi connectivity index (χ2n) is 7.29. The number of aliphatic imine (C=N–C) groups is 1. The summed E-state index contributed by atoms with van der Waals surface area (Å²) in [4.78, 5) is 31.4. The molecule has 1 aliphatic rings. The summed E-state index contributed by atoms with van der Waals surface area (Å²) in [5.74, 6) is -1.08. The highest BCUT2D eigenvalue weighted by atomic mass is 32.2. The molecule has 0 atom stereocenters. The predicted octanol–water partition coefficient (Wildman–Crippen LogP) is -0.437. The number of hydrogen-bond donors (Lipinski definition) is 3. The lowest BCUT2D eigenvalue weighted by Gasteiger charge is -2.36. The summed E-state index contributed by atoms with van der Waals surface area (Å²) in [5, 5.41) is 0. The Morgan fingerprint density at radius 1 is 1.03 bits per heavy atom. The minimum Gasteiger partial charge on any atom is -0.459 e. The van der Waals surface area contributed by atoms with Gasteiger partial charge in [-0.25, -0.2) is 8.42 Å². The maximum atomic E-state index is 12.4. The largest absolute Gasteiger partial charge is 0.459 e. The molecule has 5 N–H and O–H groups in total. The van der Waals surface area contributed by atoms with Crippen LogP contribution in [-0.4, -0.2) is 82.8 Å². The molecule has 0 radical (unpaired) electrons. The number of sulfone groups is 1. The Morgan fingerprint density at radius 2 is 1.62 bits per heavy atom. The van der Waals surface area contributed by atoms with Gasteiger partial charge in [-0.3, -0.25) is 14.1 Å². The number of carbonyl (C=O) groups is 2. The van der Waals surface area contributed by atoms with E-state index in [9.17, 15) is 26.4 Å². The van der Waals surface area contributed by atoms with Crippen LogP contribution in [0.5, 0.6) is 0 Å². The van der Waals surface area contributed by atoms with Gasteiger partial charge in [0.2, 0.25) is 0 Å². The van der Waals surface area contributed by atoms with E-state index >= 15 is 0 Å². The zero-order valence-corrected chi connectivity index (χ0v) is 20.0. The number of hydrogen-bond acceptors (Lipinski definition) is 8. The van der Waals surface area contributed by atoms with Crippen molar-refractivity contribution in [3.8, 4) is 0 Å². The van der Waals surface area contributed by atoms with Gasteiger partial charge in [-0.05, 0) is 30.3 Å². The van der Waals surface area contributed by atoms with Crippen LogP contribution in [0.2, 0.25) is 0 Å². The Kier molecular flexibility index (Phi) is 8.41. The number of benzene rings is 1. The highest BCUT2D eigenvalue weighted by Crippen LogP contribution is 2.28. The molecule has 1 aliphatic heterocycles. The van der Waals surface area contributed by atoms with E-state index in [2.05, 4.69) is 4.99 Å². The molecule has 186 valence electrons. The van der Waals surface area contributed by atoms with Gasteiger partial charge in [0.1, 0.15) is 0 Å². The van der Waals surface area contributed by atoms with Gasteiger partial charge in [-0.15, -0.1) is 0 Å². The van der Waals surface area contributed by atoms with Crippen LogP contribution in [0, 0.1) is 0 Å². The third kappa shape index (κ3) is 7.86. The molecule has 2 heterocycles. The van der Waals surface area contributed by atoms with Crippen LogP contribution in [0.3, 0.4) is 0 Å². The molecular formula is C19H25N5O8S2. The lowest BCUT2D eigenvalue weighted by atomic mass is 10.1. The average Bonchev–Trinajstić information content (AvgIpc) is 3.25. The number of piperazine rings is 1. The summed E-state index contributed by atoms with van der Waals surface area (Å²) < 4.78 is 55.7. The van der Waals surface area contributed by atoms with Gasteiger partial charge in [-0.2, -0.15) is 13.4 Å². The van der Waals surface area contributed by atoms with Gasteiger partial charge < -0.3 is 25.7 Å². The van der Waals surface area contributed by atoms with Crippen molar-refractivity contribution >= 4 is 43.4 Å². The van der Waals surface area contributed by atoms with Crippen molar-refractivity contribution in [1.82, 2.24) is 4.90 Å². The Balaban J connectivity index is 0.000000739. The van der Waals surface area contributed by atoms with E-state index in [1.165, 1.54) is 18.4 Å². The predicted molar refractivity (Wildman–Crippen MR) is 124 cm³/mol. The number of guanidine groups is 1. The van der Waals surface area contributed by atoms with Gasteiger partial charge in [0, 0.05) is 38.0 Å². The van der Waals surface area contributed by atoms with Crippen molar-refractivity contribution in [3.63, 3.8) is 0 Å². The first-order chi connectivity index (χ1) is 15.7. The molecule has 13 nitrogen and oxygen atoms in total. The van der Waals surface area contributed by atoms with Crippen LogP contribution in [0.15, 0.2) is 50.9 Å². The smallest absolute Gasteiger partial charge is 0.289 e. The van der Waals surface area contributed by atoms with Crippen LogP contribution >= 0.6 is 0 Å². The van der Waals surface area contributed by atoms with E-state index in [0.29, 0.717) is 38.1 Å². The lowest BCUT2D eigenvalue weighted by molar-refractivity contribution is 0.0714. The van der Waals surface area contributed by atoms with E-state index in [4.69, 9.17) is 20.4 Å². The van der Waals surface area contributed by atoms with Crippen LogP contribution in [0.25, 0.3) is 0 Å². The van der Waals surface area contributed by atoms with Crippen LogP contribution in [-0.2, 0) is 20.0 Å². The van der Waals surface area contributed by atoms with Crippen molar-refractivity contribution in [2.45, 2.75) is 4.90 Å². The molecule has 0 bridgehead atoms. The molecule has 0 unspecified atom stereocenters. The molecule has 0 spiro atoms. The fourth-order valence-corrected chi connectivity index (χ4v) is 4.01. The maximum Gasteiger partial charge on any atom is 0.289 e. The molecular weight excluding hydrogens is 490 g/mol. The molecule has 1 fully saturated rings. The van der Waals surface area contributed by atoms with Crippen molar-refractivity contribution in [3.05, 3.63) is 47.9 Å². The van der Waals surface area contributed by atoms with E-state index < -0.39 is 31.8 Å². The van der Waals surface area contributed by atoms with Crippen LogP contribution in [0.1, 0.15) is 20.9 Å². The second kappa shape index (κ2) is 10.7. The van der Waals surface area contributed by atoms with Crippen LogP contribution in [0.4, 0.5) is 5.69 Å². The van der Waals surface area contributed by atoms with Gasteiger partial charge >= 0.3 is 0 Å². The SMILES string of the molecule is CS(=O)(=O)O.CS(=O)(=O)c1cc(C(=O)N=C(N)N)ccc1N1CCN(C(=O)c2ccco2)CC1. The van der Waals surface area contributed by atoms with Crippen molar-refractivity contribution in [2.75, 3.05) is 43.6 Å². The van der Waals surface area contributed by atoms with E-state index in [0.717, 1.165) is 6.26 Å². The second-order valence-corrected chi connectivity index (χ2v) is 10.7. The summed E-state index contributed by atoms with van der Waals surface area (Å²) in [6, 6.07) is 7.53. The van der Waals surface area contributed by atoms with Crippen LogP contribution < -0.4 is 16.4 Å². The average molecular weight is 516 g/mol. The molecule has 15 heteroatoms. The first-order valence-electron chi connectivity index (χ1n) is 9.65. The van der Waals surface area contributed by atoms with E-state index in [1.807, 2.05) is 4.90 Å². The monoisotopic (exact) mass is 515 g/mol. The molecule has 2 amide bonds. The van der Waals surface area contributed by atoms with Crippen molar-refractivity contribution in [1.29, 1.82) is 0 Å². The molecule has 1 aromatic carbocycles. The Labute approximate surface area is 196 Å². The molecule has 34 heavy (non-hydrogen) atoms. The number of anilines is 1. The number of amides is 2. The Bertz CT molecular complexity index is 1270. The normalized spacial score (nSPS) is 14.1. The highest BCUT2D eigenvalue weighted by molar-refractivity contribution is 7.90. The van der Waals surface area contributed by atoms with Gasteiger partial charge in [-0.1, -0.05) is 0 Å². The third-order valence-corrected chi connectivity index (χ3v) is 5.60. The number of carbonyl (C=O) groups excluding carboxylic acids is 2. The first-order valence-corrected chi connectivity index (χ1v) is 13.4. The van der Waals surface area contributed by atoms with Crippen molar-refractivity contribution in [2.24, 2.45) is 16.5 Å². The summed E-state index contributed by atoms with van der Waals surface area (Å²) in [6.07, 6.45) is 3.22. The number of nitrogens with two attached hydrogens (primary N) is 2. The zero-order valence-electron chi connectivity index (χ0n) is 18.4. The first kappa shape index (κ1) is 26.8. The number of nitrogens with zero attached hydrogens (tertiary/aromatic N) is 3.